The molecule has 2 unspecified atom stereocenters. The standard InChI is InChI=1S/C15H21F2NO/c1-18-14-6-4-2-3-5-7-15(14)19-13-9-11(16)8-12(17)10-13/h8-10,14-15,18H,2-7H2,1H3. The van der Waals surface area contributed by atoms with Crippen LogP contribution in [-0.2, 0) is 0 Å². The van der Waals surface area contributed by atoms with Crippen LogP contribution in [0, 0.1) is 11.6 Å². The van der Waals surface area contributed by atoms with Crippen LogP contribution in [0.5, 0.6) is 5.75 Å². The predicted octanol–water partition coefficient (Wildman–Crippen LogP) is 3.65. The monoisotopic (exact) mass is 269 g/mol. The summed E-state index contributed by atoms with van der Waals surface area (Å²) in [6.07, 6.45) is 6.66. The molecule has 0 saturated heterocycles. The molecular weight excluding hydrogens is 248 g/mol. The Morgan fingerprint density at radius 2 is 1.63 bits per heavy atom. The third-order valence-corrected chi connectivity index (χ3v) is 3.70. The Labute approximate surface area is 113 Å². The highest BCUT2D eigenvalue weighted by Crippen LogP contribution is 2.24. The fraction of sp³-hybridized carbons (Fsp3) is 0.600. The SMILES string of the molecule is CNC1CCCCCCC1Oc1cc(F)cc(F)c1. The van der Waals surface area contributed by atoms with Crippen LogP contribution in [0.2, 0.25) is 0 Å². The van der Waals surface area contributed by atoms with E-state index in [1.165, 1.54) is 31.4 Å². The molecule has 2 nitrogen and oxygen atoms in total. The molecule has 1 aliphatic rings. The molecule has 4 heteroatoms. The van der Waals surface area contributed by atoms with Crippen molar-refractivity contribution in [2.45, 2.75) is 50.7 Å². The molecule has 0 aromatic heterocycles. The maximum Gasteiger partial charge on any atom is 0.129 e. The van der Waals surface area contributed by atoms with E-state index in [1.807, 2.05) is 7.05 Å². The normalized spacial score (nSPS) is 24.6. The topological polar surface area (TPSA) is 21.3 Å². The van der Waals surface area contributed by atoms with Crippen LogP contribution in [-0.4, -0.2) is 19.2 Å². The van der Waals surface area contributed by atoms with E-state index in [0.717, 1.165) is 25.3 Å². The lowest BCUT2D eigenvalue weighted by molar-refractivity contribution is 0.130. The van der Waals surface area contributed by atoms with Crippen molar-refractivity contribution < 1.29 is 13.5 Å². The van der Waals surface area contributed by atoms with Gasteiger partial charge in [0.2, 0.25) is 0 Å². The van der Waals surface area contributed by atoms with Crippen molar-refractivity contribution >= 4 is 0 Å². The summed E-state index contributed by atoms with van der Waals surface area (Å²) >= 11 is 0. The van der Waals surface area contributed by atoms with E-state index in [1.54, 1.807) is 0 Å². The van der Waals surface area contributed by atoms with Crippen LogP contribution >= 0.6 is 0 Å². The Kier molecular flexibility index (Phi) is 5.14. The van der Waals surface area contributed by atoms with Crippen LogP contribution in [0.25, 0.3) is 0 Å². The molecule has 1 saturated carbocycles. The number of halogens is 2. The van der Waals surface area contributed by atoms with Crippen LogP contribution in [0.3, 0.4) is 0 Å². The minimum atomic E-state index is -0.596. The molecule has 1 fully saturated rings. The number of likely N-dealkylation sites (N-methyl/N-ethyl adjacent to an activating group) is 1. The summed E-state index contributed by atoms with van der Waals surface area (Å²) in [5.41, 5.74) is 0. The van der Waals surface area contributed by atoms with E-state index in [2.05, 4.69) is 5.32 Å². The maximum atomic E-state index is 13.2. The van der Waals surface area contributed by atoms with Gasteiger partial charge >= 0.3 is 0 Å². The van der Waals surface area contributed by atoms with Crippen molar-refractivity contribution in [1.29, 1.82) is 0 Å². The first kappa shape index (κ1) is 14.3. The summed E-state index contributed by atoms with van der Waals surface area (Å²) in [5, 5.41) is 3.26. The lowest BCUT2D eigenvalue weighted by Gasteiger charge is -2.29. The summed E-state index contributed by atoms with van der Waals surface area (Å²) in [7, 11) is 1.91. The summed E-state index contributed by atoms with van der Waals surface area (Å²) in [6, 6.07) is 3.59. The van der Waals surface area contributed by atoms with E-state index < -0.39 is 11.6 Å². The molecule has 2 atom stereocenters. The first-order chi connectivity index (χ1) is 9.19. The van der Waals surface area contributed by atoms with Crippen LogP contribution in [0.1, 0.15) is 38.5 Å². The van der Waals surface area contributed by atoms with Crippen molar-refractivity contribution in [2.24, 2.45) is 0 Å². The second-order valence-electron chi connectivity index (χ2n) is 5.15. The van der Waals surface area contributed by atoms with E-state index in [-0.39, 0.29) is 17.9 Å². The molecule has 0 spiro atoms. The van der Waals surface area contributed by atoms with Gasteiger partial charge in [-0.3, -0.25) is 0 Å². The lowest BCUT2D eigenvalue weighted by atomic mass is 9.94. The average molecular weight is 269 g/mol. The van der Waals surface area contributed by atoms with Crippen LogP contribution in [0.4, 0.5) is 8.78 Å². The molecule has 1 aromatic rings. The Balaban J connectivity index is 2.08. The minimum Gasteiger partial charge on any atom is -0.489 e. The summed E-state index contributed by atoms with van der Waals surface area (Å²) in [6.45, 7) is 0. The average Bonchev–Trinajstić information content (AvgIpc) is 2.32. The lowest BCUT2D eigenvalue weighted by Crippen LogP contribution is -2.41. The zero-order chi connectivity index (χ0) is 13.7. The second-order valence-corrected chi connectivity index (χ2v) is 5.15. The summed E-state index contributed by atoms with van der Waals surface area (Å²) in [5.74, 6) is -0.910. The Hall–Kier alpha value is -1.16. The van der Waals surface area contributed by atoms with Crippen LogP contribution < -0.4 is 10.1 Å². The summed E-state index contributed by atoms with van der Waals surface area (Å²) in [4.78, 5) is 0. The Morgan fingerprint density at radius 3 is 2.26 bits per heavy atom. The van der Waals surface area contributed by atoms with Gasteiger partial charge in [-0.15, -0.1) is 0 Å². The van der Waals surface area contributed by atoms with E-state index in [4.69, 9.17) is 4.74 Å². The second kappa shape index (κ2) is 6.85. The molecule has 1 aliphatic carbocycles. The smallest absolute Gasteiger partial charge is 0.129 e. The van der Waals surface area contributed by atoms with Crippen molar-refractivity contribution in [2.75, 3.05) is 7.05 Å². The van der Waals surface area contributed by atoms with Gasteiger partial charge < -0.3 is 10.1 Å². The number of ether oxygens (including phenoxy) is 1. The number of nitrogens with one attached hydrogen (secondary N) is 1. The van der Waals surface area contributed by atoms with Gasteiger partial charge in [-0.25, -0.2) is 8.78 Å². The van der Waals surface area contributed by atoms with Gasteiger partial charge in [0.1, 0.15) is 23.5 Å². The fourth-order valence-electron chi connectivity index (χ4n) is 2.69. The van der Waals surface area contributed by atoms with E-state index in [0.29, 0.717) is 0 Å². The largest absolute Gasteiger partial charge is 0.489 e. The molecule has 0 heterocycles. The van der Waals surface area contributed by atoms with Gasteiger partial charge in [0.15, 0.2) is 0 Å². The molecule has 0 radical (unpaired) electrons. The van der Waals surface area contributed by atoms with Crippen molar-refractivity contribution in [3.8, 4) is 5.75 Å². The number of benzene rings is 1. The van der Waals surface area contributed by atoms with Gasteiger partial charge in [-0.05, 0) is 26.3 Å². The molecule has 0 bridgehead atoms. The van der Waals surface area contributed by atoms with Crippen molar-refractivity contribution in [3.63, 3.8) is 0 Å². The Morgan fingerprint density at radius 1 is 1.00 bits per heavy atom. The van der Waals surface area contributed by atoms with Gasteiger partial charge in [0, 0.05) is 24.2 Å². The molecular formula is C15H21F2NO. The molecule has 1 N–H and O–H groups in total. The Bertz CT molecular complexity index is 391. The zero-order valence-corrected chi connectivity index (χ0v) is 11.3. The highest BCUT2D eigenvalue weighted by Gasteiger charge is 2.23. The molecule has 0 amide bonds. The number of hydrogen-bond donors (Lipinski definition) is 1. The van der Waals surface area contributed by atoms with Crippen LogP contribution in [0.15, 0.2) is 18.2 Å². The molecule has 0 aliphatic heterocycles. The molecule has 106 valence electrons. The summed E-state index contributed by atoms with van der Waals surface area (Å²) < 4.78 is 32.2. The van der Waals surface area contributed by atoms with Gasteiger partial charge in [0.05, 0.1) is 0 Å². The molecule has 19 heavy (non-hydrogen) atoms. The van der Waals surface area contributed by atoms with E-state index >= 15 is 0 Å². The molecule has 1 aromatic carbocycles. The quantitative estimate of drug-likeness (QED) is 0.904. The number of rotatable bonds is 3. The zero-order valence-electron chi connectivity index (χ0n) is 11.3. The first-order valence-electron chi connectivity index (χ1n) is 6.99. The maximum absolute atomic E-state index is 13.2. The molecule has 2 rings (SSSR count). The van der Waals surface area contributed by atoms with Crippen molar-refractivity contribution in [3.05, 3.63) is 29.8 Å². The van der Waals surface area contributed by atoms with Gasteiger partial charge in [-0.2, -0.15) is 0 Å². The highest BCUT2D eigenvalue weighted by atomic mass is 19.1. The third kappa shape index (κ3) is 4.16. The minimum absolute atomic E-state index is 0.0218. The number of hydrogen-bond acceptors (Lipinski definition) is 2. The van der Waals surface area contributed by atoms with Crippen molar-refractivity contribution in [1.82, 2.24) is 5.32 Å². The van der Waals surface area contributed by atoms with E-state index in [9.17, 15) is 8.78 Å². The van der Waals surface area contributed by atoms with Gasteiger partial charge in [0.25, 0.3) is 0 Å². The highest BCUT2D eigenvalue weighted by molar-refractivity contribution is 5.24. The third-order valence-electron chi connectivity index (χ3n) is 3.70. The fourth-order valence-corrected chi connectivity index (χ4v) is 2.69. The van der Waals surface area contributed by atoms with Gasteiger partial charge in [-0.1, -0.05) is 19.3 Å². The first-order valence-corrected chi connectivity index (χ1v) is 6.99. The predicted molar refractivity (Wildman–Crippen MR) is 71.3 cm³/mol.